The number of carbonyl (C=O) groups is 1. The van der Waals surface area contributed by atoms with Crippen molar-refractivity contribution < 1.29 is 9.90 Å². The summed E-state index contributed by atoms with van der Waals surface area (Å²) < 4.78 is 0. The Morgan fingerprint density at radius 3 is 3.18 bits per heavy atom. The molecular formula is C12H17N3O2. The molecule has 0 saturated carbocycles. The number of amides is 1. The fourth-order valence-corrected chi connectivity index (χ4v) is 1.99. The molecule has 1 aliphatic heterocycles. The molecule has 0 unspecified atom stereocenters. The second-order valence-corrected chi connectivity index (χ2v) is 4.22. The average Bonchev–Trinajstić information content (AvgIpc) is 2.54. The molecule has 2 N–H and O–H groups in total. The number of carbonyl (C=O) groups excluding carboxylic acids is 1. The van der Waals surface area contributed by atoms with E-state index in [1.807, 2.05) is 11.0 Å². The lowest BCUT2D eigenvalue weighted by atomic mass is 10.1. The van der Waals surface area contributed by atoms with Crippen LogP contribution in [0, 0.1) is 0 Å². The van der Waals surface area contributed by atoms with Crippen LogP contribution in [0.25, 0.3) is 0 Å². The van der Waals surface area contributed by atoms with Gasteiger partial charge in [0.1, 0.15) is 5.82 Å². The number of aliphatic hydroxyl groups excluding tert-OH is 1. The molecule has 5 nitrogen and oxygen atoms in total. The third kappa shape index (κ3) is 2.74. The van der Waals surface area contributed by atoms with Gasteiger partial charge in [0.05, 0.1) is 12.6 Å². The van der Waals surface area contributed by atoms with E-state index in [0.29, 0.717) is 18.9 Å². The molecule has 1 amide bonds. The van der Waals surface area contributed by atoms with Gasteiger partial charge < -0.3 is 15.3 Å². The molecule has 0 spiro atoms. The van der Waals surface area contributed by atoms with E-state index in [0.717, 1.165) is 18.5 Å². The Labute approximate surface area is 100 Å². The van der Waals surface area contributed by atoms with Crippen LogP contribution in [-0.4, -0.2) is 35.6 Å². The molecule has 0 aromatic carbocycles. The van der Waals surface area contributed by atoms with Gasteiger partial charge >= 0.3 is 0 Å². The highest BCUT2D eigenvalue weighted by atomic mass is 16.3. The summed E-state index contributed by atoms with van der Waals surface area (Å²) in [5.74, 6) is 0.712. The topological polar surface area (TPSA) is 65.5 Å². The highest BCUT2D eigenvalue weighted by Gasteiger charge is 2.19. The molecular weight excluding hydrogens is 218 g/mol. The maximum atomic E-state index is 11.5. The van der Waals surface area contributed by atoms with E-state index in [2.05, 4.69) is 10.3 Å². The number of nitrogens with one attached hydrogen (secondary N) is 1. The minimum Gasteiger partial charge on any atom is -0.389 e. The number of hydrogen-bond donors (Lipinski definition) is 2. The molecule has 1 atom stereocenters. The summed E-state index contributed by atoms with van der Waals surface area (Å²) in [5, 5.41) is 12.5. The number of rotatable bonds is 2. The standard InChI is InChI=1S/C12H17N3O2/c1-9(16)10-4-2-5-14-12(10)15-7-3-6-13-11(17)8-15/h2,4-5,9,16H,3,6-8H2,1H3,(H,13,17)/t9-/m0/s1. The molecule has 1 aromatic heterocycles. The first-order valence-corrected chi connectivity index (χ1v) is 5.83. The van der Waals surface area contributed by atoms with Crippen molar-refractivity contribution in [2.24, 2.45) is 0 Å². The summed E-state index contributed by atoms with van der Waals surface area (Å²) in [6.45, 7) is 3.48. The SMILES string of the molecule is C[C@H](O)c1cccnc1N1CCCNC(=O)C1. The lowest BCUT2D eigenvalue weighted by Crippen LogP contribution is -2.34. The first kappa shape index (κ1) is 11.9. The molecule has 0 bridgehead atoms. The second-order valence-electron chi connectivity index (χ2n) is 4.22. The summed E-state index contributed by atoms with van der Waals surface area (Å²) >= 11 is 0. The summed E-state index contributed by atoms with van der Waals surface area (Å²) in [5.41, 5.74) is 0.766. The molecule has 17 heavy (non-hydrogen) atoms. The van der Waals surface area contributed by atoms with Crippen LogP contribution >= 0.6 is 0 Å². The fraction of sp³-hybridized carbons (Fsp3) is 0.500. The predicted octanol–water partition coefficient (Wildman–Crippen LogP) is 0.461. The van der Waals surface area contributed by atoms with Gasteiger partial charge in [0.15, 0.2) is 0 Å². The van der Waals surface area contributed by atoms with Gasteiger partial charge in [-0.05, 0) is 19.4 Å². The Morgan fingerprint density at radius 1 is 1.59 bits per heavy atom. The monoisotopic (exact) mass is 235 g/mol. The van der Waals surface area contributed by atoms with Gasteiger partial charge in [0, 0.05) is 24.8 Å². The van der Waals surface area contributed by atoms with Crippen LogP contribution in [0.5, 0.6) is 0 Å². The van der Waals surface area contributed by atoms with Crippen molar-refractivity contribution in [3.63, 3.8) is 0 Å². The van der Waals surface area contributed by atoms with Gasteiger partial charge in [0.25, 0.3) is 0 Å². The zero-order valence-corrected chi connectivity index (χ0v) is 9.89. The number of aliphatic hydroxyl groups is 1. The Kier molecular flexibility index (Phi) is 3.58. The molecule has 1 saturated heterocycles. The van der Waals surface area contributed by atoms with E-state index in [9.17, 15) is 9.90 Å². The summed E-state index contributed by atoms with van der Waals surface area (Å²) in [7, 11) is 0. The van der Waals surface area contributed by atoms with Crippen molar-refractivity contribution in [3.8, 4) is 0 Å². The molecule has 1 aromatic rings. The largest absolute Gasteiger partial charge is 0.389 e. The maximum Gasteiger partial charge on any atom is 0.239 e. The van der Waals surface area contributed by atoms with Crippen LogP contribution in [0.3, 0.4) is 0 Å². The highest BCUT2D eigenvalue weighted by molar-refractivity contribution is 5.81. The smallest absolute Gasteiger partial charge is 0.239 e. The average molecular weight is 235 g/mol. The van der Waals surface area contributed by atoms with Crippen molar-refractivity contribution >= 4 is 11.7 Å². The molecule has 2 heterocycles. The van der Waals surface area contributed by atoms with Gasteiger partial charge in [0.2, 0.25) is 5.91 Å². The Bertz CT molecular complexity index is 406. The molecule has 92 valence electrons. The van der Waals surface area contributed by atoms with E-state index in [4.69, 9.17) is 0 Å². The molecule has 0 radical (unpaired) electrons. The molecule has 2 rings (SSSR count). The maximum absolute atomic E-state index is 11.5. The first-order chi connectivity index (χ1) is 8.18. The highest BCUT2D eigenvalue weighted by Crippen LogP contribution is 2.23. The molecule has 0 aliphatic carbocycles. The number of pyridine rings is 1. The third-order valence-corrected chi connectivity index (χ3v) is 2.83. The van der Waals surface area contributed by atoms with Crippen LogP contribution in [0.2, 0.25) is 0 Å². The molecule has 1 aliphatic rings. The lowest BCUT2D eigenvalue weighted by Gasteiger charge is -2.23. The van der Waals surface area contributed by atoms with Gasteiger partial charge in [-0.2, -0.15) is 0 Å². The van der Waals surface area contributed by atoms with Crippen molar-refractivity contribution in [2.75, 3.05) is 24.5 Å². The number of aromatic nitrogens is 1. The predicted molar refractivity (Wildman–Crippen MR) is 64.7 cm³/mol. The quantitative estimate of drug-likeness (QED) is 0.781. The van der Waals surface area contributed by atoms with Crippen LogP contribution in [-0.2, 0) is 4.79 Å². The third-order valence-electron chi connectivity index (χ3n) is 2.83. The van der Waals surface area contributed by atoms with Crippen molar-refractivity contribution in [2.45, 2.75) is 19.4 Å². The van der Waals surface area contributed by atoms with Crippen molar-refractivity contribution in [3.05, 3.63) is 23.9 Å². The zero-order valence-electron chi connectivity index (χ0n) is 9.89. The van der Waals surface area contributed by atoms with Crippen LogP contribution in [0.1, 0.15) is 25.0 Å². The zero-order chi connectivity index (χ0) is 12.3. The Morgan fingerprint density at radius 2 is 2.41 bits per heavy atom. The summed E-state index contributed by atoms with van der Waals surface area (Å²) in [6, 6.07) is 3.64. The van der Waals surface area contributed by atoms with Gasteiger partial charge in [-0.1, -0.05) is 6.07 Å². The van der Waals surface area contributed by atoms with Crippen LogP contribution in [0.15, 0.2) is 18.3 Å². The van der Waals surface area contributed by atoms with Gasteiger partial charge in [-0.25, -0.2) is 4.98 Å². The summed E-state index contributed by atoms with van der Waals surface area (Å²) in [4.78, 5) is 17.7. The number of nitrogens with zero attached hydrogens (tertiary/aromatic N) is 2. The molecule has 1 fully saturated rings. The number of anilines is 1. The normalized spacial score (nSPS) is 18.5. The Balaban J connectivity index is 2.28. The van der Waals surface area contributed by atoms with Crippen molar-refractivity contribution in [1.29, 1.82) is 0 Å². The van der Waals surface area contributed by atoms with Gasteiger partial charge in [-0.15, -0.1) is 0 Å². The van der Waals surface area contributed by atoms with E-state index >= 15 is 0 Å². The minimum atomic E-state index is -0.579. The minimum absolute atomic E-state index is 0.00435. The fourth-order valence-electron chi connectivity index (χ4n) is 1.99. The summed E-state index contributed by atoms with van der Waals surface area (Å²) in [6.07, 6.45) is 2.00. The lowest BCUT2D eigenvalue weighted by molar-refractivity contribution is -0.119. The van der Waals surface area contributed by atoms with E-state index < -0.39 is 6.10 Å². The first-order valence-electron chi connectivity index (χ1n) is 5.83. The van der Waals surface area contributed by atoms with E-state index in [1.165, 1.54) is 0 Å². The molecule has 5 heteroatoms. The Hall–Kier alpha value is -1.62. The van der Waals surface area contributed by atoms with Crippen molar-refractivity contribution in [1.82, 2.24) is 10.3 Å². The van der Waals surface area contributed by atoms with Crippen LogP contribution in [0.4, 0.5) is 5.82 Å². The van der Waals surface area contributed by atoms with Crippen LogP contribution < -0.4 is 10.2 Å². The van der Waals surface area contributed by atoms with E-state index in [-0.39, 0.29) is 5.91 Å². The second kappa shape index (κ2) is 5.14. The van der Waals surface area contributed by atoms with E-state index in [1.54, 1.807) is 19.2 Å². The number of hydrogen-bond acceptors (Lipinski definition) is 4. The van der Waals surface area contributed by atoms with Gasteiger partial charge in [-0.3, -0.25) is 4.79 Å².